The Morgan fingerprint density at radius 2 is 2.09 bits per heavy atom. The Bertz CT molecular complexity index is 671. The maximum Gasteiger partial charge on any atom is 0.413 e. The highest BCUT2D eigenvalue weighted by atomic mass is 32.2. The molecule has 0 atom stereocenters. The average Bonchev–Trinajstić information content (AvgIpc) is 3.10. The van der Waals surface area contributed by atoms with E-state index in [1.807, 2.05) is 0 Å². The van der Waals surface area contributed by atoms with Gasteiger partial charge in [-0.25, -0.2) is 4.79 Å². The fourth-order valence-corrected chi connectivity index (χ4v) is 3.07. The predicted molar refractivity (Wildman–Crippen MR) is 84.6 cm³/mol. The molecule has 1 aliphatic carbocycles. The van der Waals surface area contributed by atoms with Crippen molar-refractivity contribution in [3.05, 3.63) is 11.8 Å². The van der Waals surface area contributed by atoms with Gasteiger partial charge in [0.25, 0.3) is 10.1 Å². The highest BCUT2D eigenvalue weighted by Crippen LogP contribution is 2.36. The van der Waals surface area contributed by atoms with Crippen LogP contribution in [0, 0.1) is 0 Å². The van der Waals surface area contributed by atoms with Gasteiger partial charge < -0.3 is 4.74 Å². The van der Waals surface area contributed by atoms with Gasteiger partial charge in [0.1, 0.15) is 11.4 Å². The first kappa shape index (κ1) is 17.7. The molecular formula is C14H23N3O5S. The van der Waals surface area contributed by atoms with Crippen molar-refractivity contribution >= 4 is 22.0 Å². The minimum Gasteiger partial charge on any atom is -0.444 e. The van der Waals surface area contributed by atoms with Crippen molar-refractivity contribution in [2.24, 2.45) is 0 Å². The smallest absolute Gasteiger partial charge is 0.413 e. The van der Waals surface area contributed by atoms with Gasteiger partial charge in [0.05, 0.1) is 18.3 Å². The topological polar surface area (TPSA) is 99.5 Å². The first-order valence-electron chi connectivity index (χ1n) is 7.55. The van der Waals surface area contributed by atoms with E-state index in [1.54, 1.807) is 38.4 Å². The van der Waals surface area contributed by atoms with Gasteiger partial charge in [0.15, 0.2) is 5.82 Å². The summed E-state index contributed by atoms with van der Waals surface area (Å²) >= 11 is 0. The van der Waals surface area contributed by atoms with Crippen molar-refractivity contribution in [2.45, 2.75) is 57.9 Å². The fraction of sp³-hybridized carbons (Fsp3) is 0.714. The second-order valence-corrected chi connectivity index (χ2v) is 8.07. The summed E-state index contributed by atoms with van der Waals surface area (Å²) in [6.07, 6.45) is 1.25. The van der Waals surface area contributed by atoms with E-state index in [1.165, 1.54) is 0 Å². The van der Waals surface area contributed by atoms with Crippen LogP contribution in [0.25, 0.3) is 0 Å². The summed E-state index contributed by atoms with van der Waals surface area (Å²) < 4.78 is 35.2. The number of nitrogens with zero attached hydrogens (tertiary/aromatic N) is 2. The zero-order chi connectivity index (χ0) is 17.3. The van der Waals surface area contributed by atoms with Crippen LogP contribution in [0.2, 0.25) is 0 Å². The van der Waals surface area contributed by atoms with Gasteiger partial charge in [0.2, 0.25) is 0 Å². The van der Waals surface area contributed by atoms with Crippen molar-refractivity contribution in [3.63, 3.8) is 0 Å². The third-order valence-corrected chi connectivity index (χ3v) is 4.20. The summed E-state index contributed by atoms with van der Waals surface area (Å²) in [5.41, 5.74) is -0.128. The van der Waals surface area contributed by atoms with E-state index in [0.29, 0.717) is 5.69 Å². The molecule has 130 valence electrons. The van der Waals surface area contributed by atoms with Crippen LogP contribution in [0.15, 0.2) is 6.07 Å². The summed E-state index contributed by atoms with van der Waals surface area (Å²) in [5, 5.41) is 6.80. The van der Waals surface area contributed by atoms with Crippen LogP contribution in [-0.4, -0.2) is 36.5 Å². The number of carbonyl (C=O) groups is 1. The SMILES string of the molecule is CCOS(=O)(=O)Cc1cc(NC(=O)OC(C)(C)C)nn1C1CC1. The lowest BCUT2D eigenvalue weighted by molar-refractivity contribution is 0.0635. The standard InChI is InChI=1S/C14H23N3O5S/c1-5-21-23(19,20)9-11-8-12(16-17(11)10-6-7-10)15-13(18)22-14(2,3)4/h8,10H,5-7,9H2,1-4H3,(H,15,16,18). The molecule has 0 aromatic carbocycles. The number of hydrogen-bond donors (Lipinski definition) is 1. The molecule has 0 saturated heterocycles. The van der Waals surface area contributed by atoms with Crippen molar-refractivity contribution < 1.29 is 22.1 Å². The highest BCUT2D eigenvalue weighted by Gasteiger charge is 2.29. The normalized spacial score (nSPS) is 15.5. The van der Waals surface area contributed by atoms with E-state index in [-0.39, 0.29) is 24.2 Å². The van der Waals surface area contributed by atoms with Crippen LogP contribution < -0.4 is 5.32 Å². The molecule has 1 aliphatic rings. The molecule has 1 saturated carbocycles. The quantitative estimate of drug-likeness (QED) is 0.795. The van der Waals surface area contributed by atoms with Gasteiger partial charge in [-0.05, 0) is 40.5 Å². The van der Waals surface area contributed by atoms with Gasteiger partial charge in [-0.15, -0.1) is 0 Å². The number of amides is 1. The average molecular weight is 345 g/mol. The molecule has 1 heterocycles. The zero-order valence-corrected chi connectivity index (χ0v) is 14.6. The number of nitrogens with one attached hydrogen (secondary N) is 1. The Morgan fingerprint density at radius 3 is 2.61 bits per heavy atom. The fourth-order valence-electron chi connectivity index (χ4n) is 2.05. The summed E-state index contributed by atoms with van der Waals surface area (Å²) in [6.45, 7) is 6.98. The summed E-state index contributed by atoms with van der Waals surface area (Å²) in [5.74, 6) is -0.00629. The lowest BCUT2D eigenvalue weighted by atomic mass is 10.2. The molecular weight excluding hydrogens is 322 g/mol. The minimum absolute atomic E-state index is 0.0862. The molecule has 0 spiro atoms. The molecule has 1 fully saturated rings. The zero-order valence-electron chi connectivity index (χ0n) is 13.8. The van der Waals surface area contributed by atoms with Crippen molar-refractivity contribution in [2.75, 3.05) is 11.9 Å². The number of carbonyl (C=O) groups excluding carboxylic acids is 1. The molecule has 9 heteroatoms. The van der Waals surface area contributed by atoms with E-state index in [2.05, 4.69) is 10.4 Å². The summed E-state index contributed by atoms with van der Waals surface area (Å²) in [7, 11) is -3.66. The Kier molecular flexibility index (Phi) is 5.00. The maximum absolute atomic E-state index is 11.8. The Balaban J connectivity index is 2.14. The van der Waals surface area contributed by atoms with Crippen molar-refractivity contribution in [1.29, 1.82) is 0 Å². The molecule has 8 nitrogen and oxygen atoms in total. The molecule has 2 rings (SSSR count). The molecule has 23 heavy (non-hydrogen) atoms. The molecule has 0 unspecified atom stereocenters. The van der Waals surface area contributed by atoms with Crippen LogP contribution in [0.4, 0.5) is 10.6 Å². The second-order valence-electron chi connectivity index (χ2n) is 6.43. The number of hydrogen-bond acceptors (Lipinski definition) is 6. The van der Waals surface area contributed by atoms with E-state index < -0.39 is 21.8 Å². The third-order valence-electron chi connectivity index (χ3n) is 2.96. The Morgan fingerprint density at radius 1 is 1.43 bits per heavy atom. The lowest BCUT2D eigenvalue weighted by Gasteiger charge is -2.19. The molecule has 1 amide bonds. The summed E-state index contributed by atoms with van der Waals surface area (Å²) in [4.78, 5) is 11.8. The number of ether oxygens (including phenoxy) is 1. The molecule has 1 aromatic rings. The van der Waals surface area contributed by atoms with Crippen LogP contribution in [-0.2, 0) is 24.8 Å². The summed E-state index contributed by atoms with van der Waals surface area (Å²) in [6, 6.07) is 1.72. The largest absolute Gasteiger partial charge is 0.444 e. The molecule has 0 bridgehead atoms. The van der Waals surface area contributed by atoms with Gasteiger partial charge in [-0.2, -0.15) is 13.5 Å². The molecule has 1 aromatic heterocycles. The monoisotopic (exact) mass is 345 g/mol. The van der Waals surface area contributed by atoms with Crippen molar-refractivity contribution in [1.82, 2.24) is 9.78 Å². The van der Waals surface area contributed by atoms with Crippen LogP contribution in [0.1, 0.15) is 52.3 Å². The first-order valence-corrected chi connectivity index (χ1v) is 9.13. The Hall–Kier alpha value is -1.61. The molecule has 1 N–H and O–H groups in total. The van der Waals surface area contributed by atoms with Crippen LogP contribution in [0.3, 0.4) is 0 Å². The van der Waals surface area contributed by atoms with Gasteiger partial charge in [-0.3, -0.25) is 14.2 Å². The lowest BCUT2D eigenvalue weighted by Crippen LogP contribution is -2.27. The van der Waals surface area contributed by atoms with Crippen LogP contribution in [0.5, 0.6) is 0 Å². The Labute approximate surface area is 136 Å². The van der Waals surface area contributed by atoms with E-state index in [4.69, 9.17) is 8.92 Å². The van der Waals surface area contributed by atoms with Gasteiger partial charge in [0, 0.05) is 6.07 Å². The van der Waals surface area contributed by atoms with Gasteiger partial charge >= 0.3 is 6.09 Å². The number of rotatable bonds is 6. The maximum atomic E-state index is 11.8. The molecule has 0 aliphatic heterocycles. The van der Waals surface area contributed by atoms with Crippen molar-refractivity contribution in [3.8, 4) is 0 Å². The number of aromatic nitrogens is 2. The highest BCUT2D eigenvalue weighted by molar-refractivity contribution is 7.85. The number of anilines is 1. The molecule has 0 radical (unpaired) electrons. The second kappa shape index (κ2) is 6.48. The van der Waals surface area contributed by atoms with Crippen LogP contribution >= 0.6 is 0 Å². The minimum atomic E-state index is -3.66. The van der Waals surface area contributed by atoms with E-state index in [0.717, 1.165) is 12.8 Å². The predicted octanol–water partition coefficient (Wildman–Crippen LogP) is 2.43. The van der Waals surface area contributed by atoms with E-state index in [9.17, 15) is 13.2 Å². The van der Waals surface area contributed by atoms with E-state index >= 15 is 0 Å². The first-order chi connectivity index (χ1) is 10.6. The third kappa shape index (κ3) is 5.51. The van der Waals surface area contributed by atoms with Gasteiger partial charge in [-0.1, -0.05) is 0 Å².